The zero-order valence-corrected chi connectivity index (χ0v) is 19.2. The van der Waals surface area contributed by atoms with E-state index in [1.165, 1.54) is 7.11 Å². The number of esters is 1. The maximum Gasteiger partial charge on any atom is 0.307 e. The van der Waals surface area contributed by atoms with Gasteiger partial charge in [-0.25, -0.2) is 4.98 Å². The van der Waals surface area contributed by atoms with Crippen molar-refractivity contribution in [3.63, 3.8) is 0 Å². The van der Waals surface area contributed by atoms with E-state index in [0.717, 1.165) is 22.5 Å². The number of nitrogens with zero attached hydrogens (tertiary/aromatic N) is 2. The maximum absolute atomic E-state index is 13.5. The van der Waals surface area contributed by atoms with Crippen LogP contribution in [-0.4, -0.2) is 29.1 Å². The van der Waals surface area contributed by atoms with Crippen LogP contribution in [0.3, 0.4) is 0 Å². The Morgan fingerprint density at radius 3 is 2.45 bits per heavy atom. The van der Waals surface area contributed by atoms with Gasteiger partial charge in [-0.1, -0.05) is 35.0 Å². The fourth-order valence-corrected chi connectivity index (χ4v) is 3.83. The molecule has 33 heavy (non-hydrogen) atoms. The average Bonchev–Trinajstić information content (AvgIpc) is 3.34. The second-order valence-corrected chi connectivity index (χ2v) is 8.05. The van der Waals surface area contributed by atoms with Gasteiger partial charge >= 0.3 is 5.97 Å². The van der Waals surface area contributed by atoms with Crippen molar-refractivity contribution in [2.75, 3.05) is 7.11 Å². The molecule has 4 aromatic rings. The van der Waals surface area contributed by atoms with Crippen LogP contribution < -0.4 is 5.32 Å². The molecule has 0 aliphatic rings. The Bertz CT molecular complexity index is 1330. The number of ether oxygens (including phenoxy) is 1. The highest BCUT2D eigenvalue weighted by atomic mass is 16.5. The SMILES string of the molecule is COC(=O)CC(NC(=O)c1cc(-c2cc(C)oc2C)nc2onc(C)c12)c1ccc(C)cc1. The van der Waals surface area contributed by atoms with Crippen molar-refractivity contribution < 1.29 is 23.3 Å². The van der Waals surface area contributed by atoms with E-state index >= 15 is 0 Å². The molecule has 1 N–H and O–H groups in total. The number of amides is 1. The molecule has 8 nitrogen and oxygen atoms in total. The molecule has 170 valence electrons. The lowest BCUT2D eigenvalue weighted by atomic mass is 10.0. The van der Waals surface area contributed by atoms with Gasteiger partial charge in [0.05, 0.1) is 41.9 Å². The van der Waals surface area contributed by atoms with E-state index in [-0.39, 0.29) is 18.0 Å². The number of hydrogen-bond donors (Lipinski definition) is 1. The van der Waals surface area contributed by atoms with Crippen molar-refractivity contribution in [1.82, 2.24) is 15.5 Å². The number of aromatic nitrogens is 2. The summed E-state index contributed by atoms with van der Waals surface area (Å²) in [6.07, 6.45) is -0.00492. The molecule has 1 aromatic carbocycles. The van der Waals surface area contributed by atoms with Gasteiger partial charge in [-0.15, -0.1) is 0 Å². The highest BCUT2D eigenvalue weighted by Gasteiger charge is 2.25. The predicted octanol–water partition coefficient (Wildman–Crippen LogP) is 4.75. The predicted molar refractivity (Wildman–Crippen MR) is 122 cm³/mol. The van der Waals surface area contributed by atoms with E-state index in [9.17, 15) is 9.59 Å². The number of rotatable bonds is 6. The Kier molecular flexibility index (Phi) is 6.00. The van der Waals surface area contributed by atoms with Crippen molar-refractivity contribution in [2.24, 2.45) is 0 Å². The first-order valence-corrected chi connectivity index (χ1v) is 10.6. The fourth-order valence-electron chi connectivity index (χ4n) is 3.83. The summed E-state index contributed by atoms with van der Waals surface area (Å²) in [4.78, 5) is 30.1. The van der Waals surface area contributed by atoms with Gasteiger partial charge in [-0.05, 0) is 45.4 Å². The molecule has 1 amide bonds. The van der Waals surface area contributed by atoms with Crippen LogP contribution in [0.1, 0.15) is 51.2 Å². The van der Waals surface area contributed by atoms with E-state index in [0.29, 0.717) is 28.1 Å². The molecule has 0 radical (unpaired) electrons. The number of carbonyl (C=O) groups excluding carboxylic acids is 2. The van der Waals surface area contributed by atoms with Gasteiger partial charge in [0.2, 0.25) is 0 Å². The van der Waals surface area contributed by atoms with Crippen molar-refractivity contribution in [3.8, 4) is 11.3 Å². The third-order valence-corrected chi connectivity index (χ3v) is 5.56. The molecule has 0 spiro atoms. The zero-order valence-electron chi connectivity index (χ0n) is 19.2. The summed E-state index contributed by atoms with van der Waals surface area (Å²) in [7, 11) is 1.32. The normalized spacial score (nSPS) is 12.0. The number of carbonyl (C=O) groups is 2. The molecule has 0 saturated carbocycles. The van der Waals surface area contributed by atoms with E-state index in [1.54, 1.807) is 13.0 Å². The molecule has 1 atom stereocenters. The third kappa shape index (κ3) is 4.50. The van der Waals surface area contributed by atoms with Crippen LogP contribution in [0.15, 0.2) is 45.3 Å². The minimum Gasteiger partial charge on any atom is -0.469 e. The molecular formula is C25H25N3O5. The van der Waals surface area contributed by atoms with Crippen molar-refractivity contribution in [2.45, 2.75) is 40.2 Å². The maximum atomic E-state index is 13.5. The number of nitrogens with one attached hydrogen (secondary N) is 1. The summed E-state index contributed by atoms with van der Waals surface area (Å²) >= 11 is 0. The summed E-state index contributed by atoms with van der Waals surface area (Å²) in [6, 6.07) is 10.6. The average molecular weight is 447 g/mol. The second kappa shape index (κ2) is 8.90. The van der Waals surface area contributed by atoms with Crippen LogP contribution in [0, 0.1) is 27.7 Å². The van der Waals surface area contributed by atoms with Gasteiger partial charge in [0.25, 0.3) is 11.6 Å². The number of hydrogen-bond acceptors (Lipinski definition) is 7. The van der Waals surface area contributed by atoms with Crippen molar-refractivity contribution in [1.29, 1.82) is 0 Å². The molecule has 0 aliphatic heterocycles. The third-order valence-electron chi connectivity index (χ3n) is 5.56. The number of furan rings is 1. The number of pyridine rings is 1. The second-order valence-electron chi connectivity index (χ2n) is 8.05. The number of aryl methyl sites for hydroxylation is 4. The number of fused-ring (bicyclic) bond motifs is 1. The van der Waals surface area contributed by atoms with E-state index in [2.05, 4.69) is 15.5 Å². The Labute approximate surface area is 190 Å². The summed E-state index contributed by atoms with van der Waals surface area (Å²) in [5.41, 5.74) is 4.35. The summed E-state index contributed by atoms with van der Waals surface area (Å²) in [5.74, 6) is 0.626. The number of benzene rings is 1. The first-order chi connectivity index (χ1) is 15.8. The molecule has 0 bridgehead atoms. The van der Waals surface area contributed by atoms with Crippen LogP contribution in [0.5, 0.6) is 0 Å². The smallest absolute Gasteiger partial charge is 0.307 e. The lowest BCUT2D eigenvalue weighted by molar-refractivity contribution is -0.141. The van der Waals surface area contributed by atoms with E-state index in [1.807, 2.05) is 51.1 Å². The standard InChI is InChI=1S/C25H25N3O5/c1-13-6-8-17(9-7-13)20(12-22(29)31-5)26-24(30)19-11-21(18-10-14(2)32-16(18)4)27-25-23(19)15(3)28-33-25/h6-11,20H,12H2,1-5H3,(H,26,30). The summed E-state index contributed by atoms with van der Waals surface area (Å²) in [5, 5.41) is 7.50. The van der Waals surface area contributed by atoms with Crippen molar-refractivity contribution >= 4 is 23.0 Å². The van der Waals surface area contributed by atoms with Gasteiger partial charge in [-0.2, -0.15) is 0 Å². The lowest BCUT2D eigenvalue weighted by Crippen LogP contribution is -2.30. The van der Waals surface area contributed by atoms with E-state index in [4.69, 9.17) is 13.7 Å². The molecule has 4 rings (SSSR count). The van der Waals surface area contributed by atoms with Crippen molar-refractivity contribution in [3.05, 3.63) is 70.3 Å². The highest BCUT2D eigenvalue weighted by molar-refractivity contribution is 6.07. The summed E-state index contributed by atoms with van der Waals surface area (Å²) < 4.78 is 15.9. The molecule has 1 unspecified atom stereocenters. The molecule has 0 fully saturated rings. The van der Waals surface area contributed by atoms with Gasteiger partial charge in [-0.3, -0.25) is 9.59 Å². The Hall–Kier alpha value is -3.94. The molecule has 3 aromatic heterocycles. The molecule has 3 heterocycles. The van der Waals surface area contributed by atoms with Gasteiger partial charge in [0, 0.05) is 5.56 Å². The zero-order chi connectivity index (χ0) is 23.7. The molecule has 8 heteroatoms. The van der Waals surface area contributed by atoms with Gasteiger partial charge in [0.1, 0.15) is 11.5 Å². The quantitative estimate of drug-likeness (QED) is 0.425. The minimum absolute atomic E-state index is 0.00492. The first-order valence-electron chi connectivity index (χ1n) is 10.6. The van der Waals surface area contributed by atoms with E-state index < -0.39 is 12.0 Å². The van der Waals surface area contributed by atoms with Crippen LogP contribution in [0.2, 0.25) is 0 Å². The molecule has 0 saturated heterocycles. The Morgan fingerprint density at radius 2 is 1.82 bits per heavy atom. The topological polar surface area (TPSA) is 107 Å². The van der Waals surface area contributed by atoms with Crippen LogP contribution in [0.25, 0.3) is 22.4 Å². The largest absolute Gasteiger partial charge is 0.469 e. The lowest BCUT2D eigenvalue weighted by Gasteiger charge is -2.19. The van der Waals surface area contributed by atoms with Crippen LogP contribution >= 0.6 is 0 Å². The fraction of sp³-hybridized carbons (Fsp3) is 0.280. The molecular weight excluding hydrogens is 422 g/mol. The Morgan fingerprint density at radius 1 is 1.09 bits per heavy atom. The van der Waals surface area contributed by atoms with Crippen LogP contribution in [-0.2, 0) is 9.53 Å². The monoisotopic (exact) mass is 447 g/mol. The highest BCUT2D eigenvalue weighted by Crippen LogP contribution is 2.31. The van der Waals surface area contributed by atoms with Crippen LogP contribution in [0.4, 0.5) is 0 Å². The number of methoxy groups -OCH3 is 1. The Balaban J connectivity index is 1.76. The van der Waals surface area contributed by atoms with Gasteiger partial charge in [0.15, 0.2) is 0 Å². The minimum atomic E-state index is -0.574. The van der Waals surface area contributed by atoms with Gasteiger partial charge < -0.3 is 19.0 Å². The first kappa shape index (κ1) is 22.3. The molecule has 0 aliphatic carbocycles. The summed E-state index contributed by atoms with van der Waals surface area (Å²) in [6.45, 7) is 7.41.